The first-order chi connectivity index (χ1) is 27.5. The molecule has 2 aromatic heterocycles. The van der Waals surface area contributed by atoms with Gasteiger partial charge in [0.25, 0.3) is 5.91 Å². The van der Waals surface area contributed by atoms with Gasteiger partial charge in [0, 0.05) is 52.5 Å². The Balaban J connectivity index is 0.829. The van der Waals surface area contributed by atoms with E-state index < -0.39 is 18.0 Å². The number of imide groups is 1. The highest BCUT2D eigenvalue weighted by molar-refractivity contribution is 7.15. The summed E-state index contributed by atoms with van der Waals surface area (Å²) in [5.41, 5.74) is 7.38. The van der Waals surface area contributed by atoms with Gasteiger partial charge in [-0.15, -0.1) is 21.5 Å². The normalized spacial score (nSPS) is 19.6. The lowest BCUT2D eigenvalue weighted by atomic mass is 9.85. The first-order valence-electron chi connectivity index (χ1n) is 19.7. The molecule has 0 bridgehead atoms. The molecule has 0 radical (unpaired) electrons. The molecule has 3 atom stereocenters. The van der Waals surface area contributed by atoms with E-state index in [2.05, 4.69) is 46.1 Å². The van der Waals surface area contributed by atoms with Crippen LogP contribution in [0.4, 0.5) is 0 Å². The Morgan fingerprint density at radius 2 is 1.75 bits per heavy atom. The molecule has 1 saturated heterocycles. The third-order valence-corrected chi connectivity index (χ3v) is 13.0. The van der Waals surface area contributed by atoms with Crippen molar-refractivity contribution < 1.29 is 24.0 Å². The van der Waals surface area contributed by atoms with Gasteiger partial charge in [-0.05, 0) is 99.7 Å². The van der Waals surface area contributed by atoms with Gasteiger partial charge in [-0.2, -0.15) is 0 Å². The van der Waals surface area contributed by atoms with E-state index in [9.17, 15) is 24.0 Å². The van der Waals surface area contributed by atoms with Gasteiger partial charge in [-0.25, -0.2) is 0 Å². The Morgan fingerprint density at radius 1 is 0.947 bits per heavy atom. The molecule has 8 rings (SSSR count). The van der Waals surface area contributed by atoms with Crippen molar-refractivity contribution in [2.45, 2.75) is 110 Å². The summed E-state index contributed by atoms with van der Waals surface area (Å²) < 4.78 is 2.03. The molecule has 5 amide bonds. The molecule has 4 aliphatic rings. The number of piperidine rings is 1. The summed E-state index contributed by atoms with van der Waals surface area (Å²) in [4.78, 5) is 72.3. The summed E-state index contributed by atoms with van der Waals surface area (Å²) in [6.07, 6.45) is 5.65. The van der Waals surface area contributed by atoms with Crippen molar-refractivity contribution in [2.75, 3.05) is 6.54 Å². The number of nitrogens with zero attached hydrogens (tertiary/aromatic N) is 5. The van der Waals surface area contributed by atoms with Crippen LogP contribution in [-0.2, 0) is 32.1 Å². The van der Waals surface area contributed by atoms with E-state index >= 15 is 0 Å². The summed E-state index contributed by atoms with van der Waals surface area (Å²) in [5.74, 6) is 0.249. The standard InChI is InChI=1S/C42H45ClN8O5S/c1-22-23(2)57-42-36(22)38(26-11-13-28(43)14-12-26)46-30(39-49-48-24(3)50(39)42)20-35(54)44-17-6-4-5-10-33(52)45-21-25-18-27-8-7-9-31-37(27)29(19-25)41(56)51(31)32-15-16-34(53)47-40(32)55/h11-14,18-19,30-32H,4-10,15-17,20-21H2,1-3H3,(H,44,54)(H,45,52)(H,47,53,55)/t30-,31?,32?/m0/s1. The number of aromatic nitrogens is 3. The molecule has 296 valence electrons. The minimum absolute atomic E-state index is 0.0800. The van der Waals surface area contributed by atoms with Gasteiger partial charge in [0.05, 0.1) is 18.2 Å². The van der Waals surface area contributed by atoms with Gasteiger partial charge in [0.15, 0.2) is 5.82 Å². The maximum Gasteiger partial charge on any atom is 0.255 e. The molecule has 3 aliphatic heterocycles. The monoisotopic (exact) mass is 808 g/mol. The lowest BCUT2D eigenvalue weighted by Crippen LogP contribution is -2.53. The van der Waals surface area contributed by atoms with Crippen LogP contribution in [0.25, 0.3) is 5.00 Å². The van der Waals surface area contributed by atoms with Crippen LogP contribution in [0.3, 0.4) is 0 Å². The number of fused-ring (bicyclic) bond motifs is 3. The van der Waals surface area contributed by atoms with Crippen LogP contribution in [0.2, 0.25) is 5.02 Å². The Hall–Kier alpha value is -5.21. The molecular formula is C42H45ClN8O5S. The molecule has 2 unspecified atom stereocenters. The van der Waals surface area contributed by atoms with Gasteiger partial charge in [-0.1, -0.05) is 36.2 Å². The molecule has 1 fully saturated rings. The number of hydrogen-bond donors (Lipinski definition) is 3. The van der Waals surface area contributed by atoms with Crippen molar-refractivity contribution in [1.29, 1.82) is 0 Å². The zero-order chi connectivity index (χ0) is 40.0. The van der Waals surface area contributed by atoms with Gasteiger partial charge >= 0.3 is 0 Å². The minimum Gasteiger partial charge on any atom is -0.356 e. The molecule has 15 heteroatoms. The van der Waals surface area contributed by atoms with Crippen LogP contribution in [-0.4, -0.2) is 67.5 Å². The summed E-state index contributed by atoms with van der Waals surface area (Å²) >= 11 is 7.90. The fourth-order valence-electron chi connectivity index (χ4n) is 8.64. The van der Waals surface area contributed by atoms with Crippen LogP contribution in [0, 0.1) is 20.8 Å². The zero-order valence-corrected chi connectivity index (χ0v) is 33.8. The average molecular weight is 809 g/mol. The number of carbonyl (C=O) groups is 5. The first kappa shape index (κ1) is 38.7. The Bertz CT molecular complexity index is 2330. The van der Waals surface area contributed by atoms with E-state index in [1.807, 2.05) is 41.8 Å². The molecule has 2 aromatic carbocycles. The quantitative estimate of drug-likeness (QED) is 0.120. The Labute approximate surface area is 339 Å². The number of thiophene rings is 1. The highest BCUT2D eigenvalue weighted by Crippen LogP contribution is 2.45. The predicted octanol–water partition coefficient (Wildman–Crippen LogP) is 5.82. The second kappa shape index (κ2) is 16.0. The van der Waals surface area contributed by atoms with Gasteiger partial charge < -0.3 is 15.5 Å². The fourth-order valence-corrected chi connectivity index (χ4v) is 9.98. The number of hydrogen-bond acceptors (Lipinski definition) is 9. The minimum atomic E-state index is -0.657. The Kier molecular flexibility index (Phi) is 10.8. The van der Waals surface area contributed by atoms with Crippen LogP contribution in [0.15, 0.2) is 41.4 Å². The van der Waals surface area contributed by atoms with Gasteiger partial charge in [-0.3, -0.25) is 38.8 Å². The van der Waals surface area contributed by atoms with Crippen molar-refractivity contribution in [3.63, 3.8) is 0 Å². The van der Waals surface area contributed by atoms with Gasteiger partial charge in [0.1, 0.15) is 22.9 Å². The summed E-state index contributed by atoms with van der Waals surface area (Å²) in [7, 11) is 0. The third-order valence-electron chi connectivity index (χ3n) is 11.6. The number of amides is 5. The summed E-state index contributed by atoms with van der Waals surface area (Å²) in [6.45, 7) is 6.87. The maximum absolute atomic E-state index is 13.7. The zero-order valence-electron chi connectivity index (χ0n) is 32.2. The summed E-state index contributed by atoms with van der Waals surface area (Å²) in [5, 5.41) is 18.9. The smallest absolute Gasteiger partial charge is 0.255 e. The lowest BCUT2D eigenvalue weighted by molar-refractivity contribution is -0.137. The number of carbonyl (C=O) groups excluding carboxylic acids is 5. The highest BCUT2D eigenvalue weighted by atomic mass is 35.5. The predicted molar refractivity (Wildman–Crippen MR) is 216 cm³/mol. The van der Waals surface area contributed by atoms with Crippen LogP contribution in [0.5, 0.6) is 0 Å². The second-order valence-electron chi connectivity index (χ2n) is 15.3. The van der Waals surface area contributed by atoms with E-state index in [-0.39, 0.29) is 42.5 Å². The number of nitrogens with one attached hydrogen (secondary N) is 3. The number of unbranched alkanes of at least 4 members (excludes halogenated alkanes) is 2. The lowest BCUT2D eigenvalue weighted by Gasteiger charge is -2.36. The molecule has 1 aliphatic carbocycles. The summed E-state index contributed by atoms with van der Waals surface area (Å²) in [6, 6.07) is 10.1. The largest absolute Gasteiger partial charge is 0.356 e. The molecular weight excluding hydrogens is 764 g/mol. The maximum atomic E-state index is 13.7. The van der Waals surface area contributed by atoms with Gasteiger partial charge in [0.2, 0.25) is 23.6 Å². The highest BCUT2D eigenvalue weighted by Gasteiger charge is 2.46. The van der Waals surface area contributed by atoms with Crippen molar-refractivity contribution in [3.8, 4) is 5.00 Å². The first-order valence-corrected chi connectivity index (χ1v) is 20.9. The number of aryl methyl sites for hydroxylation is 3. The molecule has 57 heavy (non-hydrogen) atoms. The van der Waals surface area contributed by atoms with Crippen molar-refractivity contribution in [3.05, 3.63) is 96.9 Å². The molecule has 0 saturated carbocycles. The molecule has 4 aromatic rings. The van der Waals surface area contributed by atoms with E-state index in [4.69, 9.17) is 16.6 Å². The van der Waals surface area contributed by atoms with Crippen molar-refractivity contribution in [1.82, 2.24) is 35.6 Å². The van der Waals surface area contributed by atoms with Crippen LogP contribution >= 0.6 is 22.9 Å². The van der Waals surface area contributed by atoms with E-state index in [1.54, 1.807) is 16.2 Å². The third kappa shape index (κ3) is 7.52. The number of aliphatic imine (C=N–C) groups is 1. The van der Waals surface area contributed by atoms with Crippen LogP contribution < -0.4 is 16.0 Å². The average Bonchev–Trinajstić information content (AvgIpc) is 3.77. The SMILES string of the molecule is Cc1sc2c(c1C)C(c1ccc(Cl)cc1)=N[C@@H](CC(=O)NCCCCCC(=O)NCc1cc3c4c(c1)C(=O)N(C1CCC(=O)NC1=O)C4CCC3)c1nnc(C)n1-2. The topological polar surface area (TPSA) is 168 Å². The van der Waals surface area contributed by atoms with Crippen LogP contribution in [0.1, 0.15) is 130 Å². The van der Waals surface area contributed by atoms with Crippen molar-refractivity contribution >= 4 is 58.2 Å². The number of rotatable bonds is 12. The van der Waals surface area contributed by atoms with E-state index in [0.29, 0.717) is 48.8 Å². The van der Waals surface area contributed by atoms with Crippen molar-refractivity contribution in [2.24, 2.45) is 4.99 Å². The number of halogens is 1. The second-order valence-corrected chi connectivity index (χ2v) is 17.0. The van der Waals surface area contributed by atoms with E-state index in [0.717, 1.165) is 82.0 Å². The molecule has 5 heterocycles. The molecule has 3 N–H and O–H groups in total. The number of benzene rings is 2. The van der Waals surface area contributed by atoms with E-state index in [1.165, 1.54) is 4.88 Å². The Morgan fingerprint density at radius 3 is 2.54 bits per heavy atom. The molecule has 0 spiro atoms. The molecule has 13 nitrogen and oxygen atoms in total. The fraction of sp³-hybridized carbons (Fsp3) is 0.429.